The van der Waals surface area contributed by atoms with Gasteiger partial charge in [-0.2, -0.15) is 5.10 Å². The van der Waals surface area contributed by atoms with Crippen LogP contribution in [0, 0.1) is 0 Å². The highest BCUT2D eigenvalue weighted by Gasteiger charge is 2.21. The molecule has 0 unspecified atom stereocenters. The molecule has 0 spiro atoms. The lowest BCUT2D eigenvalue weighted by atomic mass is 10.1. The Kier molecular flexibility index (Phi) is 4.70. The summed E-state index contributed by atoms with van der Waals surface area (Å²) in [6.07, 6.45) is 3.23. The summed E-state index contributed by atoms with van der Waals surface area (Å²) >= 11 is 0. The van der Waals surface area contributed by atoms with Gasteiger partial charge in [0.05, 0.1) is 5.69 Å². The number of benzene rings is 2. The molecule has 2 N–H and O–H groups in total. The van der Waals surface area contributed by atoms with Gasteiger partial charge in [-0.1, -0.05) is 24.3 Å². The number of nitrogens with one attached hydrogen (secondary N) is 2. The fraction of sp³-hybridized carbons (Fsp3) is 0.190. The third-order valence-corrected chi connectivity index (χ3v) is 4.73. The predicted octanol–water partition coefficient (Wildman–Crippen LogP) is 3.13. The van der Waals surface area contributed by atoms with E-state index in [1.54, 1.807) is 18.3 Å². The van der Waals surface area contributed by atoms with E-state index in [0.717, 1.165) is 35.5 Å². The lowest BCUT2D eigenvalue weighted by molar-refractivity contribution is -0.117. The highest BCUT2D eigenvalue weighted by Crippen LogP contribution is 2.21. The number of H-pyrrole nitrogens is 1. The summed E-state index contributed by atoms with van der Waals surface area (Å²) in [5.74, 6) is 0.0552. The summed E-state index contributed by atoms with van der Waals surface area (Å²) in [6.45, 7) is 1.22. The fourth-order valence-corrected chi connectivity index (χ4v) is 3.22. The Morgan fingerprint density at radius 1 is 1.07 bits per heavy atom. The van der Waals surface area contributed by atoms with Gasteiger partial charge in [-0.05, 0) is 47.9 Å². The SMILES string of the molecule is O=C(NCc1ccc(N2CCCC2=O)cc1)c1ccc(-c2ccn[nH]2)cc1. The molecule has 0 saturated carbocycles. The van der Waals surface area contributed by atoms with Crippen molar-refractivity contribution in [3.63, 3.8) is 0 Å². The Morgan fingerprint density at radius 2 is 1.85 bits per heavy atom. The molecule has 0 bridgehead atoms. The topological polar surface area (TPSA) is 78.1 Å². The summed E-state index contributed by atoms with van der Waals surface area (Å²) in [7, 11) is 0. The average Bonchev–Trinajstić information content (AvgIpc) is 3.39. The van der Waals surface area contributed by atoms with Crippen molar-refractivity contribution in [2.75, 3.05) is 11.4 Å². The van der Waals surface area contributed by atoms with Gasteiger partial charge < -0.3 is 10.2 Å². The van der Waals surface area contributed by atoms with Gasteiger partial charge >= 0.3 is 0 Å². The Balaban J connectivity index is 1.35. The normalized spacial score (nSPS) is 13.8. The first-order chi connectivity index (χ1) is 13.2. The Bertz CT molecular complexity index is 931. The molecule has 1 fully saturated rings. The zero-order valence-corrected chi connectivity index (χ0v) is 14.8. The molecule has 136 valence electrons. The van der Waals surface area contributed by atoms with Crippen LogP contribution in [0.2, 0.25) is 0 Å². The third kappa shape index (κ3) is 3.74. The van der Waals surface area contributed by atoms with Crippen molar-refractivity contribution in [2.45, 2.75) is 19.4 Å². The van der Waals surface area contributed by atoms with E-state index < -0.39 is 0 Å². The van der Waals surface area contributed by atoms with Crippen molar-refractivity contribution < 1.29 is 9.59 Å². The van der Waals surface area contributed by atoms with E-state index in [1.807, 2.05) is 47.4 Å². The predicted molar refractivity (Wildman–Crippen MR) is 103 cm³/mol. The molecule has 0 aliphatic carbocycles. The number of nitrogens with zero attached hydrogens (tertiary/aromatic N) is 2. The number of amides is 2. The molecule has 0 radical (unpaired) electrons. The second kappa shape index (κ2) is 7.45. The second-order valence-electron chi connectivity index (χ2n) is 6.55. The number of rotatable bonds is 5. The molecule has 0 atom stereocenters. The molecule has 2 amide bonds. The minimum Gasteiger partial charge on any atom is -0.348 e. The summed E-state index contributed by atoms with van der Waals surface area (Å²) in [5.41, 5.74) is 4.42. The monoisotopic (exact) mass is 360 g/mol. The Labute approximate surface area is 157 Å². The van der Waals surface area contributed by atoms with E-state index in [0.29, 0.717) is 18.5 Å². The molecule has 6 nitrogen and oxygen atoms in total. The van der Waals surface area contributed by atoms with Crippen LogP contribution in [0.4, 0.5) is 5.69 Å². The van der Waals surface area contributed by atoms with Crippen LogP contribution in [0.5, 0.6) is 0 Å². The van der Waals surface area contributed by atoms with Crippen molar-refractivity contribution in [3.05, 3.63) is 71.9 Å². The number of anilines is 1. The highest BCUT2D eigenvalue weighted by molar-refractivity contribution is 5.95. The van der Waals surface area contributed by atoms with Crippen LogP contribution in [0.25, 0.3) is 11.3 Å². The number of hydrogen-bond donors (Lipinski definition) is 2. The maximum absolute atomic E-state index is 12.4. The number of aromatic nitrogens is 2. The minimum atomic E-state index is -0.120. The van der Waals surface area contributed by atoms with Crippen molar-refractivity contribution >= 4 is 17.5 Å². The third-order valence-electron chi connectivity index (χ3n) is 4.73. The van der Waals surface area contributed by atoms with Crippen LogP contribution in [0.3, 0.4) is 0 Å². The number of aromatic amines is 1. The summed E-state index contributed by atoms with van der Waals surface area (Å²) < 4.78 is 0. The fourth-order valence-electron chi connectivity index (χ4n) is 3.22. The molecule has 2 heterocycles. The molecule has 6 heteroatoms. The molecule has 1 aliphatic rings. The zero-order valence-electron chi connectivity index (χ0n) is 14.8. The van der Waals surface area contributed by atoms with Crippen molar-refractivity contribution in [3.8, 4) is 11.3 Å². The molecular weight excluding hydrogens is 340 g/mol. The van der Waals surface area contributed by atoms with Gasteiger partial charge in [-0.3, -0.25) is 14.7 Å². The second-order valence-corrected chi connectivity index (χ2v) is 6.55. The van der Waals surface area contributed by atoms with Crippen molar-refractivity contribution in [2.24, 2.45) is 0 Å². The van der Waals surface area contributed by atoms with Gasteiger partial charge in [0.2, 0.25) is 5.91 Å². The summed E-state index contributed by atoms with van der Waals surface area (Å²) in [4.78, 5) is 26.0. The number of hydrogen-bond acceptors (Lipinski definition) is 3. The summed E-state index contributed by atoms with van der Waals surface area (Å²) in [6, 6.07) is 17.0. The van der Waals surface area contributed by atoms with E-state index in [-0.39, 0.29) is 11.8 Å². The largest absolute Gasteiger partial charge is 0.348 e. The van der Waals surface area contributed by atoms with Crippen molar-refractivity contribution in [1.29, 1.82) is 0 Å². The first-order valence-electron chi connectivity index (χ1n) is 8.98. The van der Waals surface area contributed by atoms with Gasteiger partial charge in [0.25, 0.3) is 5.91 Å². The van der Waals surface area contributed by atoms with Crippen LogP contribution in [0.1, 0.15) is 28.8 Å². The Hall–Kier alpha value is -3.41. The van der Waals surface area contributed by atoms with Gasteiger partial charge in [0.1, 0.15) is 0 Å². The molecular formula is C21H20N4O2. The quantitative estimate of drug-likeness (QED) is 0.734. The maximum atomic E-state index is 12.4. The van der Waals surface area contributed by atoms with Gasteiger partial charge in [-0.15, -0.1) is 0 Å². The lowest BCUT2D eigenvalue weighted by Gasteiger charge is -2.16. The standard InChI is InChI=1S/C21H20N4O2/c26-20-2-1-13-25(20)18-9-3-15(4-10-18)14-22-21(27)17-7-5-16(6-8-17)19-11-12-23-24-19/h3-12H,1-2,13-14H2,(H,22,27)(H,23,24). The average molecular weight is 360 g/mol. The van der Waals surface area contributed by atoms with Crippen LogP contribution in [-0.4, -0.2) is 28.6 Å². The summed E-state index contributed by atoms with van der Waals surface area (Å²) in [5, 5.41) is 9.76. The molecule has 1 aromatic heterocycles. The Morgan fingerprint density at radius 3 is 2.48 bits per heavy atom. The smallest absolute Gasteiger partial charge is 0.251 e. The first-order valence-corrected chi connectivity index (χ1v) is 8.98. The maximum Gasteiger partial charge on any atom is 0.251 e. The van der Waals surface area contributed by atoms with Crippen molar-refractivity contribution in [1.82, 2.24) is 15.5 Å². The van der Waals surface area contributed by atoms with Crippen LogP contribution >= 0.6 is 0 Å². The molecule has 4 rings (SSSR count). The van der Waals surface area contributed by atoms with Crippen LogP contribution in [-0.2, 0) is 11.3 Å². The molecule has 1 aliphatic heterocycles. The molecule has 1 saturated heterocycles. The van der Waals surface area contributed by atoms with Gasteiger partial charge in [0, 0.05) is 37.0 Å². The lowest BCUT2D eigenvalue weighted by Crippen LogP contribution is -2.24. The number of carbonyl (C=O) groups is 2. The van der Waals surface area contributed by atoms with E-state index in [2.05, 4.69) is 15.5 Å². The first kappa shape index (κ1) is 17.0. The van der Waals surface area contributed by atoms with E-state index >= 15 is 0 Å². The van der Waals surface area contributed by atoms with Crippen LogP contribution < -0.4 is 10.2 Å². The zero-order chi connectivity index (χ0) is 18.6. The highest BCUT2D eigenvalue weighted by atomic mass is 16.2. The minimum absolute atomic E-state index is 0.120. The van der Waals surface area contributed by atoms with E-state index in [1.165, 1.54) is 0 Å². The van der Waals surface area contributed by atoms with Gasteiger partial charge in [-0.25, -0.2) is 0 Å². The molecule has 3 aromatic rings. The van der Waals surface area contributed by atoms with Gasteiger partial charge in [0.15, 0.2) is 0 Å². The van der Waals surface area contributed by atoms with E-state index in [4.69, 9.17) is 0 Å². The molecule has 27 heavy (non-hydrogen) atoms. The number of carbonyl (C=O) groups excluding carboxylic acids is 2. The van der Waals surface area contributed by atoms with Crippen LogP contribution in [0.15, 0.2) is 60.8 Å². The molecule has 2 aromatic carbocycles. The van der Waals surface area contributed by atoms with E-state index in [9.17, 15) is 9.59 Å².